The number of benzene rings is 1. The number of nitrogens with one attached hydrogen (secondary N) is 2. The summed E-state index contributed by atoms with van der Waals surface area (Å²) in [6.45, 7) is 6.36. The van der Waals surface area contributed by atoms with Crippen LogP contribution in [0.5, 0.6) is 5.75 Å². The van der Waals surface area contributed by atoms with Gasteiger partial charge in [0.05, 0.1) is 49.1 Å². The molecule has 2 aliphatic rings. The number of carbonyl (C=O) groups excluding carboxylic acids is 4. The number of anilines is 1. The van der Waals surface area contributed by atoms with Gasteiger partial charge in [-0.25, -0.2) is 4.79 Å². The molecule has 3 N–H and O–H groups in total. The van der Waals surface area contributed by atoms with Gasteiger partial charge in [-0.15, -0.1) is 0 Å². The number of hydrogen-bond acceptors (Lipinski definition) is 10. The summed E-state index contributed by atoms with van der Waals surface area (Å²) >= 11 is 0. The summed E-state index contributed by atoms with van der Waals surface area (Å²) in [7, 11) is 1.51. The summed E-state index contributed by atoms with van der Waals surface area (Å²) in [4.78, 5) is 51.7. The zero-order valence-electron chi connectivity index (χ0n) is 23.7. The number of β-lactam (4-membered cyclic amide) rings is 1. The van der Waals surface area contributed by atoms with Gasteiger partial charge in [0.15, 0.2) is 0 Å². The molecule has 2 amide bonds. The molecule has 2 aromatic rings. The molecule has 3 atom stereocenters. The van der Waals surface area contributed by atoms with Gasteiger partial charge in [0, 0.05) is 12.1 Å². The van der Waals surface area contributed by atoms with Gasteiger partial charge in [0.2, 0.25) is 18.6 Å². The van der Waals surface area contributed by atoms with Crippen LogP contribution >= 0.6 is 0 Å². The highest BCUT2D eigenvalue weighted by molar-refractivity contribution is 6.07. The highest BCUT2D eigenvalue weighted by Crippen LogP contribution is 2.47. The van der Waals surface area contributed by atoms with E-state index in [9.17, 15) is 24.3 Å². The zero-order chi connectivity index (χ0) is 29.9. The molecule has 2 aliphatic heterocycles. The Labute approximate surface area is 237 Å². The quantitative estimate of drug-likeness (QED) is 0.209. The Kier molecular flexibility index (Phi) is 8.83. The topological polar surface area (TPSA) is 157 Å². The molecule has 1 aromatic heterocycles. The summed E-state index contributed by atoms with van der Waals surface area (Å²) in [5, 5.41) is 15.9. The first-order valence-electron chi connectivity index (χ1n) is 13.2. The maximum Gasteiger partial charge on any atom is 0.358 e. The van der Waals surface area contributed by atoms with Crippen LogP contribution in [0.1, 0.15) is 45.2 Å². The van der Waals surface area contributed by atoms with Crippen LogP contribution in [0.25, 0.3) is 5.57 Å². The summed E-state index contributed by atoms with van der Waals surface area (Å²) in [6.07, 6.45) is 2.33. The van der Waals surface area contributed by atoms with Crippen molar-refractivity contribution in [3.8, 4) is 5.75 Å². The van der Waals surface area contributed by atoms with Crippen LogP contribution in [-0.2, 0) is 35.2 Å². The number of rotatable bonds is 11. The van der Waals surface area contributed by atoms with E-state index in [0.717, 1.165) is 5.56 Å². The SMILES string of the molecule is COc1cc(C2=C(C(=O)OCOC(=O)C(C)(C)C)N3C(=O)[C@H]([C@@H](C)O)[C@H]3C2)ccc1CNCC(=O)Nc1ccoc1. The number of furan rings is 1. The summed E-state index contributed by atoms with van der Waals surface area (Å²) in [5.41, 5.74) is 1.79. The molecule has 1 saturated heterocycles. The standard InChI is InChI=1S/C29H35N3O9/c1-16(33)24-21-11-20(25(32(21)26(24)35)27(36)40-15-41-28(37)29(2,3)4)17-6-7-18(22(10-17)38-5)12-30-13-23(34)31-19-8-9-39-14-19/h6-10,14,16,21,24,30,33H,11-13,15H2,1-5H3,(H,31,34)/t16-,21-,24-/m1/s1. The number of fused-ring (bicyclic) bond motifs is 1. The lowest BCUT2D eigenvalue weighted by atomic mass is 9.82. The van der Waals surface area contributed by atoms with Crippen molar-refractivity contribution >= 4 is 35.0 Å². The van der Waals surface area contributed by atoms with Crippen molar-refractivity contribution < 1.29 is 42.9 Å². The summed E-state index contributed by atoms with van der Waals surface area (Å²) in [6, 6.07) is 6.58. The lowest BCUT2D eigenvalue weighted by Gasteiger charge is -2.44. The van der Waals surface area contributed by atoms with Gasteiger partial charge in [0.25, 0.3) is 0 Å². The molecule has 0 bridgehead atoms. The molecule has 12 heteroatoms. The van der Waals surface area contributed by atoms with Gasteiger partial charge in [-0.1, -0.05) is 12.1 Å². The fourth-order valence-electron chi connectivity index (χ4n) is 4.87. The molecular weight excluding hydrogens is 534 g/mol. The van der Waals surface area contributed by atoms with E-state index in [2.05, 4.69) is 10.6 Å². The van der Waals surface area contributed by atoms with E-state index in [0.29, 0.717) is 35.5 Å². The molecule has 1 aromatic carbocycles. The molecule has 12 nitrogen and oxygen atoms in total. The van der Waals surface area contributed by atoms with E-state index in [-0.39, 0.29) is 24.1 Å². The van der Waals surface area contributed by atoms with Crippen LogP contribution < -0.4 is 15.4 Å². The third-order valence-corrected chi connectivity index (χ3v) is 6.96. The van der Waals surface area contributed by atoms with Crippen molar-refractivity contribution in [3.05, 3.63) is 53.6 Å². The molecule has 0 spiro atoms. The largest absolute Gasteiger partial charge is 0.496 e. The first-order valence-corrected chi connectivity index (χ1v) is 13.2. The van der Waals surface area contributed by atoms with Crippen molar-refractivity contribution in [2.75, 3.05) is 25.8 Å². The van der Waals surface area contributed by atoms with Crippen molar-refractivity contribution in [1.29, 1.82) is 0 Å². The van der Waals surface area contributed by atoms with Gasteiger partial charge < -0.3 is 39.3 Å². The zero-order valence-corrected chi connectivity index (χ0v) is 23.7. The number of nitrogens with zero attached hydrogens (tertiary/aromatic N) is 1. The lowest BCUT2D eigenvalue weighted by Crippen LogP contribution is -2.61. The predicted molar refractivity (Wildman–Crippen MR) is 146 cm³/mol. The van der Waals surface area contributed by atoms with Gasteiger partial charge in [-0.2, -0.15) is 0 Å². The van der Waals surface area contributed by atoms with E-state index in [1.165, 1.54) is 24.5 Å². The average molecular weight is 570 g/mol. The second-order valence-electron chi connectivity index (χ2n) is 11.0. The normalized spacial score (nSPS) is 18.9. The second-order valence-corrected chi connectivity index (χ2v) is 11.0. The van der Waals surface area contributed by atoms with E-state index in [1.54, 1.807) is 52.0 Å². The minimum absolute atomic E-state index is 0.0487. The van der Waals surface area contributed by atoms with E-state index >= 15 is 0 Å². The monoisotopic (exact) mass is 569 g/mol. The summed E-state index contributed by atoms with van der Waals surface area (Å²) in [5.74, 6) is -2.10. The van der Waals surface area contributed by atoms with Gasteiger partial charge >= 0.3 is 11.9 Å². The van der Waals surface area contributed by atoms with E-state index in [1.807, 2.05) is 0 Å². The second kappa shape index (κ2) is 12.1. The minimum atomic E-state index is -0.887. The Morgan fingerprint density at radius 3 is 2.59 bits per heavy atom. The number of amides is 2. The molecule has 4 rings (SSSR count). The number of hydrogen-bond donors (Lipinski definition) is 3. The van der Waals surface area contributed by atoms with Crippen LogP contribution in [0.3, 0.4) is 0 Å². The third-order valence-electron chi connectivity index (χ3n) is 6.96. The molecule has 0 aliphatic carbocycles. The fourth-order valence-corrected chi connectivity index (χ4v) is 4.87. The number of methoxy groups -OCH3 is 1. The average Bonchev–Trinajstić information content (AvgIpc) is 3.53. The molecule has 0 unspecified atom stereocenters. The van der Waals surface area contributed by atoms with Gasteiger partial charge in [-0.3, -0.25) is 14.4 Å². The molecule has 220 valence electrons. The van der Waals surface area contributed by atoms with E-state index < -0.39 is 42.2 Å². The van der Waals surface area contributed by atoms with Crippen LogP contribution in [0.4, 0.5) is 5.69 Å². The lowest BCUT2D eigenvalue weighted by molar-refractivity contribution is -0.175. The number of aliphatic hydroxyl groups is 1. The first-order chi connectivity index (χ1) is 19.4. The fraction of sp³-hybridized carbons (Fsp3) is 0.448. The number of ether oxygens (including phenoxy) is 3. The first kappa shape index (κ1) is 29.8. The van der Waals surface area contributed by atoms with Crippen LogP contribution in [0.2, 0.25) is 0 Å². The molecule has 41 heavy (non-hydrogen) atoms. The van der Waals surface area contributed by atoms with Crippen molar-refractivity contribution in [3.63, 3.8) is 0 Å². The van der Waals surface area contributed by atoms with Gasteiger partial charge in [-0.05, 0) is 57.4 Å². The molecule has 1 fully saturated rings. The highest BCUT2D eigenvalue weighted by atomic mass is 16.7. The van der Waals surface area contributed by atoms with Crippen molar-refractivity contribution in [1.82, 2.24) is 10.2 Å². The van der Waals surface area contributed by atoms with Crippen molar-refractivity contribution in [2.45, 2.75) is 52.8 Å². The minimum Gasteiger partial charge on any atom is -0.496 e. The van der Waals surface area contributed by atoms with Crippen LogP contribution in [0, 0.1) is 11.3 Å². The van der Waals surface area contributed by atoms with Crippen LogP contribution in [-0.4, -0.2) is 66.4 Å². The molecule has 3 heterocycles. The Morgan fingerprint density at radius 1 is 1.20 bits per heavy atom. The number of aliphatic hydroxyl groups excluding tert-OH is 1. The Morgan fingerprint density at radius 2 is 1.95 bits per heavy atom. The van der Waals surface area contributed by atoms with Gasteiger partial charge in [0.1, 0.15) is 17.7 Å². The Balaban J connectivity index is 1.51. The highest BCUT2D eigenvalue weighted by Gasteiger charge is 2.57. The molecule has 0 saturated carbocycles. The number of esters is 2. The maximum absolute atomic E-state index is 13.2. The molecule has 0 radical (unpaired) electrons. The predicted octanol–water partition coefficient (Wildman–Crippen LogP) is 2.43. The summed E-state index contributed by atoms with van der Waals surface area (Å²) < 4.78 is 20.8. The molecular formula is C29H35N3O9. The number of carbonyl (C=O) groups is 4. The Hall–Kier alpha value is -4.16. The van der Waals surface area contributed by atoms with E-state index in [4.69, 9.17) is 18.6 Å². The smallest absolute Gasteiger partial charge is 0.358 e. The third kappa shape index (κ3) is 6.44. The van der Waals surface area contributed by atoms with Crippen LogP contribution in [0.15, 0.2) is 46.9 Å². The Bertz CT molecular complexity index is 1340. The maximum atomic E-state index is 13.2. The van der Waals surface area contributed by atoms with Crippen molar-refractivity contribution in [2.24, 2.45) is 11.3 Å².